The lowest BCUT2D eigenvalue weighted by atomic mass is 10.1. The quantitative estimate of drug-likeness (QED) is 0.637. The van der Waals surface area contributed by atoms with Crippen LogP contribution in [0.15, 0.2) is 10.9 Å². The van der Waals surface area contributed by atoms with E-state index < -0.39 is 35.0 Å². The van der Waals surface area contributed by atoms with E-state index in [9.17, 15) is 31.5 Å². The van der Waals surface area contributed by atoms with E-state index in [1.165, 1.54) is 4.98 Å². The molecule has 0 aliphatic rings. The minimum absolute atomic E-state index is 0.176. The molecule has 0 spiro atoms. The Bertz CT molecular complexity index is 462. The third-order valence-electron chi connectivity index (χ3n) is 1.75. The molecule has 1 N–H and O–H groups in total. The predicted octanol–water partition coefficient (Wildman–Crippen LogP) is 2.14. The lowest BCUT2D eigenvalue weighted by Gasteiger charge is -2.09. The fraction of sp³-hybridized carbons (Fsp3) is 0.250. The summed E-state index contributed by atoms with van der Waals surface area (Å²) in [5.74, 6) is 0. The number of hydrogen-bond acceptors (Lipinski definition) is 2. The molecule has 0 unspecified atom stereocenters. The van der Waals surface area contributed by atoms with Gasteiger partial charge in [0.1, 0.15) is 5.69 Å². The van der Waals surface area contributed by atoms with Crippen LogP contribution < -0.4 is 5.56 Å². The Morgan fingerprint density at radius 3 is 2.25 bits per heavy atom. The van der Waals surface area contributed by atoms with Crippen LogP contribution in [-0.2, 0) is 6.18 Å². The highest BCUT2D eigenvalue weighted by atomic mass is 19.4. The molecule has 88 valence electrons. The van der Waals surface area contributed by atoms with Crippen molar-refractivity contribution < 1.29 is 26.7 Å². The van der Waals surface area contributed by atoms with Gasteiger partial charge in [0.05, 0.1) is 5.56 Å². The van der Waals surface area contributed by atoms with Crippen molar-refractivity contribution in [3.8, 4) is 0 Å². The second-order valence-electron chi connectivity index (χ2n) is 2.80. The van der Waals surface area contributed by atoms with Gasteiger partial charge in [0.2, 0.25) is 0 Å². The number of pyridine rings is 1. The maximum Gasteiger partial charge on any atom is 0.431 e. The summed E-state index contributed by atoms with van der Waals surface area (Å²) in [6.45, 7) is 0. The first-order valence-corrected chi connectivity index (χ1v) is 3.85. The van der Waals surface area contributed by atoms with Crippen molar-refractivity contribution in [3.63, 3.8) is 0 Å². The van der Waals surface area contributed by atoms with E-state index in [-0.39, 0.29) is 12.4 Å². The Balaban J connectivity index is 3.51. The number of nitrogens with one attached hydrogen (secondary N) is 1. The van der Waals surface area contributed by atoms with Crippen molar-refractivity contribution >= 4 is 6.29 Å². The topological polar surface area (TPSA) is 49.9 Å². The normalized spacial score (nSPS) is 11.9. The van der Waals surface area contributed by atoms with Crippen LogP contribution in [0.2, 0.25) is 0 Å². The molecule has 1 rings (SSSR count). The number of hydrogen-bond donors (Lipinski definition) is 1. The summed E-state index contributed by atoms with van der Waals surface area (Å²) in [4.78, 5) is 22.5. The Kier molecular flexibility index (Phi) is 3.11. The van der Waals surface area contributed by atoms with E-state index in [0.717, 1.165) is 0 Å². The second-order valence-corrected chi connectivity index (χ2v) is 2.80. The van der Waals surface area contributed by atoms with Crippen LogP contribution in [0.3, 0.4) is 0 Å². The molecule has 0 atom stereocenters. The molecule has 0 aliphatic heterocycles. The van der Waals surface area contributed by atoms with Gasteiger partial charge in [0.25, 0.3) is 12.0 Å². The van der Waals surface area contributed by atoms with Crippen molar-refractivity contribution in [1.29, 1.82) is 0 Å². The molecule has 0 aliphatic carbocycles. The number of alkyl halides is 5. The smallest absolute Gasteiger partial charge is 0.318 e. The maximum atomic E-state index is 12.2. The van der Waals surface area contributed by atoms with Gasteiger partial charge in [-0.15, -0.1) is 0 Å². The van der Waals surface area contributed by atoms with Crippen molar-refractivity contribution in [2.45, 2.75) is 12.6 Å². The zero-order chi connectivity index (χ0) is 12.5. The zero-order valence-corrected chi connectivity index (χ0v) is 7.44. The van der Waals surface area contributed by atoms with Crippen LogP contribution >= 0.6 is 0 Å². The number of H-pyrrole nitrogens is 1. The van der Waals surface area contributed by atoms with Crippen LogP contribution in [0.4, 0.5) is 22.0 Å². The Morgan fingerprint density at radius 1 is 1.31 bits per heavy atom. The van der Waals surface area contributed by atoms with Gasteiger partial charge in [0.15, 0.2) is 6.29 Å². The van der Waals surface area contributed by atoms with E-state index >= 15 is 0 Å². The zero-order valence-electron chi connectivity index (χ0n) is 7.44. The van der Waals surface area contributed by atoms with Crippen molar-refractivity contribution in [2.75, 3.05) is 0 Å². The van der Waals surface area contributed by atoms with E-state index in [4.69, 9.17) is 0 Å². The van der Waals surface area contributed by atoms with Gasteiger partial charge in [0, 0.05) is 5.56 Å². The number of aromatic nitrogens is 1. The third kappa shape index (κ3) is 2.26. The monoisotopic (exact) mass is 241 g/mol. The molecule has 16 heavy (non-hydrogen) atoms. The molecule has 0 bridgehead atoms. The van der Waals surface area contributed by atoms with E-state index in [1.807, 2.05) is 0 Å². The predicted molar refractivity (Wildman–Crippen MR) is 42.4 cm³/mol. The van der Waals surface area contributed by atoms with Gasteiger partial charge < -0.3 is 4.98 Å². The second kappa shape index (κ2) is 4.03. The molecule has 0 amide bonds. The SMILES string of the molecule is O=Cc1cc(C(F)(F)F)[nH]c(=O)c1C(F)F. The largest absolute Gasteiger partial charge is 0.431 e. The van der Waals surface area contributed by atoms with Crippen LogP contribution in [0.25, 0.3) is 0 Å². The van der Waals surface area contributed by atoms with Gasteiger partial charge >= 0.3 is 6.18 Å². The molecule has 0 fully saturated rings. The first-order valence-electron chi connectivity index (χ1n) is 3.85. The van der Waals surface area contributed by atoms with Gasteiger partial charge in [-0.2, -0.15) is 13.2 Å². The molecular weight excluding hydrogens is 237 g/mol. The van der Waals surface area contributed by atoms with Crippen LogP contribution in [0.1, 0.15) is 28.0 Å². The molecule has 1 heterocycles. The average Bonchev–Trinajstić information content (AvgIpc) is 2.14. The molecule has 0 saturated heterocycles. The molecule has 0 radical (unpaired) electrons. The van der Waals surface area contributed by atoms with Crippen LogP contribution in [0.5, 0.6) is 0 Å². The van der Waals surface area contributed by atoms with Crippen LogP contribution in [0, 0.1) is 0 Å². The average molecular weight is 241 g/mol. The number of rotatable bonds is 2. The molecule has 3 nitrogen and oxygen atoms in total. The minimum atomic E-state index is -4.91. The summed E-state index contributed by atoms with van der Waals surface area (Å²) in [6, 6.07) is 0.176. The highest BCUT2D eigenvalue weighted by molar-refractivity contribution is 5.77. The van der Waals surface area contributed by atoms with Gasteiger partial charge in [-0.1, -0.05) is 0 Å². The molecule has 8 heteroatoms. The Morgan fingerprint density at radius 2 is 1.88 bits per heavy atom. The first-order chi connectivity index (χ1) is 7.27. The lowest BCUT2D eigenvalue weighted by Crippen LogP contribution is -2.22. The fourth-order valence-electron chi connectivity index (χ4n) is 1.07. The summed E-state index contributed by atoms with van der Waals surface area (Å²) in [7, 11) is 0. The summed E-state index contributed by atoms with van der Waals surface area (Å²) in [5.41, 5.74) is -5.38. The number of aldehydes is 1. The maximum absolute atomic E-state index is 12.2. The van der Waals surface area contributed by atoms with Crippen molar-refractivity contribution in [2.24, 2.45) is 0 Å². The summed E-state index contributed by atoms with van der Waals surface area (Å²) in [6.07, 6.45) is -8.44. The lowest BCUT2D eigenvalue weighted by molar-refractivity contribution is -0.141. The summed E-state index contributed by atoms with van der Waals surface area (Å²) >= 11 is 0. The third-order valence-corrected chi connectivity index (χ3v) is 1.75. The molecule has 0 aromatic carbocycles. The molecular formula is C8H4F5NO2. The highest BCUT2D eigenvalue weighted by Gasteiger charge is 2.33. The van der Waals surface area contributed by atoms with Gasteiger partial charge in [-0.05, 0) is 6.07 Å². The molecule has 0 saturated carbocycles. The minimum Gasteiger partial charge on any atom is -0.318 e. The van der Waals surface area contributed by atoms with E-state index in [2.05, 4.69) is 0 Å². The summed E-state index contributed by atoms with van der Waals surface area (Å²) < 4.78 is 60.9. The van der Waals surface area contributed by atoms with E-state index in [0.29, 0.717) is 0 Å². The Labute approximate surface area is 84.9 Å². The number of carbonyl (C=O) groups is 1. The number of carbonyl (C=O) groups excluding carboxylic acids is 1. The highest BCUT2D eigenvalue weighted by Crippen LogP contribution is 2.28. The van der Waals surface area contributed by atoms with Gasteiger partial charge in [-0.3, -0.25) is 9.59 Å². The fourth-order valence-corrected chi connectivity index (χ4v) is 1.07. The van der Waals surface area contributed by atoms with Crippen molar-refractivity contribution in [3.05, 3.63) is 33.2 Å². The van der Waals surface area contributed by atoms with E-state index in [1.54, 1.807) is 0 Å². The van der Waals surface area contributed by atoms with Crippen LogP contribution in [-0.4, -0.2) is 11.3 Å². The first kappa shape index (κ1) is 12.3. The summed E-state index contributed by atoms with van der Waals surface area (Å²) in [5, 5.41) is 0. The molecule has 1 aromatic heterocycles. The number of aromatic amines is 1. The van der Waals surface area contributed by atoms with Gasteiger partial charge in [-0.25, -0.2) is 8.78 Å². The molecule has 1 aromatic rings. The van der Waals surface area contributed by atoms with Crippen molar-refractivity contribution in [1.82, 2.24) is 4.98 Å². The number of halogens is 5. The Hall–Kier alpha value is -1.73. The standard InChI is InChI=1S/C8H4F5NO2/c9-6(10)5-3(2-15)1-4(8(11,12)13)14-7(5)16/h1-2,6H,(H,14,16).